The molecular weight excluding hydrogens is 310 g/mol. The Bertz CT molecular complexity index is 727. The van der Waals surface area contributed by atoms with Gasteiger partial charge in [-0.15, -0.1) is 0 Å². The van der Waals surface area contributed by atoms with Crippen LogP contribution in [0.25, 0.3) is 5.57 Å². The predicted octanol–water partition coefficient (Wildman–Crippen LogP) is 2.78. The van der Waals surface area contributed by atoms with E-state index in [1.807, 2.05) is 0 Å². The molecule has 0 radical (unpaired) electrons. The Morgan fingerprint density at radius 2 is 1.88 bits per heavy atom. The van der Waals surface area contributed by atoms with Crippen LogP contribution in [0.2, 0.25) is 0 Å². The average Bonchev–Trinajstić information content (AvgIpc) is 3.46. The van der Waals surface area contributed by atoms with Crippen LogP contribution in [0.15, 0.2) is 60.1 Å². The second-order valence-electron chi connectivity index (χ2n) is 7.33. The zero-order valence-corrected chi connectivity index (χ0v) is 14.5. The van der Waals surface area contributed by atoms with Gasteiger partial charge in [-0.2, -0.15) is 0 Å². The van der Waals surface area contributed by atoms with Gasteiger partial charge in [0, 0.05) is 37.4 Å². The third kappa shape index (κ3) is 3.00. The lowest BCUT2D eigenvalue weighted by Crippen LogP contribution is -2.40. The van der Waals surface area contributed by atoms with Crippen molar-refractivity contribution in [1.29, 1.82) is 0 Å². The fraction of sp³-hybridized carbons (Fsp3) is 0.429. The Morgan fingerprint density at radius 3 is 2.64 bits per heavy atom. The molecule has 2 fully saturated rings. The molecule has 4 nitrogen and oxygen atoms in total. The number of hydrogen-bond acceptors (Lipinski definition) is 4. The van der Waals surface area contributed by atoms with Gasteiger partial charge in [0.2, 0.25) is 0 Å². The summed E-state index contributed by atoms with van der Waals surface area (Å²) in [6.07, 6.45) is 9.82. The van der Waals surface area contributed by atoms with Crippen LogP contribution in [0.4, 0.5) is 0 Å². The Hall–Kier alpha value is -2.04. The number of nitrogens with zero attached hydrogens (tertiary/aromatic N) is 2. The smallest absolute Gasteiger partial charge is 0.122 e. The molecule has 0 aromatic heterocycles. The van der Waals surface area contributed by atoms with E-state index in [0.29, 0.717) is 0 Å². The fourth-order valence-corrected chi connectivity index (χ4v) is 3.97. The van der Waals surface area contributed by atoms with E-state index in [2.05, 4.69) is 63.8 Å². The third-order valence-corrected chi connectivity index (χ3v) is 5.53. The van der Waals surface area contributed by atoms with Crippen molar-refractivity contribution in [2.45, 2.75) is 19.0 Å². The van der Waals surface area contributed by atoms with Gasteiger partial charge < -0.3 is 15.0 Å². The van der Waals surface area contributed by atoms with Crippen molar-refractivity contribution < 1.29 is 4.74 Å². The first-order valence-electron chi connectivity index (χ1n) is 9.42. The van der Waals surface area contributed by atoms with Crippen molar-refractivity contribution in [2.75, 3.05) is 32.8 Å². The number of ether oxygens (including phenoxy) is 1. The Kier molecular flexibility index (Phi) is 3.87. The van der Waals surface area contributed by atoms with E-state index in [1.54, 1.807) is 0 Å². The molecule has 1 aliphatic carbocycles. The fourth-order valence-electron chi connectivity index (χ4n) is 3.97. The minimum Gasteiger partial charge on any atom is -0.379 e. The molecular formula is C21H25N3O. The topological polar surface area (TPSA) is 27.7 Å². The van der Waals surface area contributed by atoms with Crippen molar-refractivity contribution in [3.05, 3.63) is 65.6 Å². The molecule has 4 heteroatoms. The highest BCUT2D eigenvalue weighted by atomic mass is 16.5. The highest BCUT2D eigenvalue weighted by Gasteiger charge is 2.38. The maximum atomic E-state index is 5.52. The summed E-state index contributed by atoms with van der Waals surface area (Å²) in [5, 5.41) is 3.78. The van der Waals surface area contributed by atoms with Crippen LogP contribution in [0.1, 0.15) is 18.4 Å². The molecule has 1 unspecified atom stereocenters. The molecule has 25 heavy (non-hydrogen) atoms. The van der Waals surface area contributed by atoms with Gasteiger partial charge in [0.25, 0.3) is 0 Å². The maximum Gasteiger partial charge on any atom is 0.122 e. The van der Waals surface area contributed by atoms with E-state index < -0.39 is 0 Å². The van der Waals surface area contributed by atoms with E-state index in [9.17, 15) is 0 Å². The summed E-state index contributed by atoms with van der Waals surface area (Å²) in [7, 11) is 0. The van der Waals surface area contributed by atoms with Crippen molar-refractivity contribution in [2.24, 2.45) is 5.92 Å². The van der Waals surface area contributed by atoms with Crippen molar-refractivity contribution in [3.63, 3.8) is 0 Å². The SMILES string of the molecule is C1=CC2NC(C3CC3)=C(CN3CCOCC3)N2C=C1c1ccccc1. The zero-order valence-electron chi connectivity index (χ0n) is 14.5. The minimum atomic E-state index is 0.277. The highest BCUT2D eigenvalue weighted by molar-refractivity contribution is 5.75. The molecule has 3 heterocycles. The molecule has 5 rings (SSSR count). The van der Waals surface area contributed by atoms with Crippen LogP contribution in [0.5, 0.6) is 0 Å². The quantitative estimate of drug-likeness (QED) is 0.916. The summed E-state index contributed by atoms with van der Waals surface area (Å²) < 4.78 is 5.52. The monoisotopic (exact) mass is 335 g/mol. The van der Waals surface area contributed by atoms with Crippen molar-refractivity contribution in [3.8, 4) is 0 Å². The first-order valence-corrected chi connectivity index (χ1v) is 9.42. The first-order chi connectivity index (χ1) is 12.4. The number of rotatable bonds is 4. The van der Waals surface area contributed by atoms with Gasteiger partial charge in [-0.05, 0) is 30.1 Å². The lowest BCUT2D eigenvalue weighted by Gasteiger charge is -2.32. The lowest BCUT2D eigenvalue weighted by atomic mass is 10.0. The minimum absolute atomic E-state index is 0.277. The van der Waals surface area contributed by atoms with Crippen LogP contribution in [0, 0.1) is 5.92 Å². The van der Waals surface area contributed by atoms with E-state index in [4.69, 9.17) is 4.74 Å². The molecule has 1 N–H and O–H groups in total. The number of allylic oxidation sites excluding steroid dienone is 3. The van der Waals surface area contributed by atoms with E-state index in [1.165, 1.54) is 35.4 Å². The molecule has 0 spiro atoms. The number of benzene rings is 1. The highest BCUT2D eigenvalue weighted by Crippen LogP contribution is 2.42. The Morgan fingerprint density at radius 1 is 1.08 bits per heavy atom. The van der Waals surface area contributed by atoms with Crippen LogP contribution in [-0.4, -0.2) is 48.8 Å². The number of morpholine rings is 1. The zero-order chi connectivity index (χ0) is 16.6. The third-order valence-electron chi connectivity index (χ3n) is 5.53. The normalized spacial score (nSPS) is 26.5. The van der Waals surface area contributed by atoms with Crippen LogP contribution in [0.3, 0.4) is 0 Å². The Labute approximate surface area is 149 Å². The van der Waals surface area contributed by atoms with Gasteiger partial charge in [-0.3, -0.25) is 4.90 Å². The molecule has 0 bridgehead atoms. The van der Waals surface area contributed by atoms with Crippen molar-refractivity contribution in [1.82, 2.24) is 15.1 Å². The maximum absolute atomic E-state index is 5.52. The van der Waals surface area contributed by atoms with Gasteiger partial charge in [0.05, 0.1) is 18.9 Å². The van der Waals surface area contributed by atoms with Crippen LogP contribution in [-0.2, 0) is 4.74 Å². The second kappa shape index (κ2) is 6.36. The summed E-state index contributed by atoms with van der Waals surface area (Å²) >= 11 is 0. The van der Waals surface area contributed by atoms with E-state index in [-0.39, 0.29) is 6.17 Å². The molecule has 0 amide bonds. The largest absolute Gasteiger partial charge is 0.379 e. The van der Waals surface area contributed by atoms with Gasteiger partial charge in [-0.1, -0.05) is 36.4 Å². The second-order valence-corrected chi connectivity index (χ2v) is 7.33. The van der Waals surface area contributed by atoms with E-state index in [0.717, 1.165) is 38.8 Å². The van der Waals surface area contributed by atoms with Crippen LogP contribution < -0.4 is 5.32 Å². The summed E-state index contributed by atoms with van der Waals surface area (Å²) in [6.45, 7) is 4.79. The van der Waals surface area contributed by atoms with E-state index >= 15 is 0 Å². The molecule has 1 aromatic rings. The van der Waals surface area contributed by atoms with Crippen LogP contribution >= 0.6 is 0 Å². The van der Waals surface area contributed by atoms with Gasteiger partial charge >= 0.3 is 0 Å². The molecule has 4 aliphatic rings. The predicted molar refractivity (Wildman–Crippen MR) is 99.3 cm³/mol. The molecule has 130 valence electrons. The summed E-state index contributed by atoms with van der Waals surface area (Å²) in [5.41, 5.74) is 5.51. The summed E-state index contributed by atoms with van der Waals surface area (Å²) in [4.78, 5) is 4.99. The first kappa shape index (κ1) is 15.2. The molecule has 1 atom stereocenters. The summed E-state index contributed by atoms with van der Waals surface area (Å²) in [5.74, 6) is 0.739. The molecule has 3 aliphatic heterocycles. The van der Waals surface area contributed by atoms with Crippen molar-refractivity contribution >= 4 is 5.57 Å². The molecule has 1 saturated carbocycles. The van der Waals surface area contributed by atoms with Gasteiger partial charge in [-0.25, -0.2) is 0 Å². The average molecular weight is 335 g/mol. The standard InChI is InChI=1S/C21H25N3O/c1-2-4-16(5-3-1)18-8-9-20-22-21(17-6-7-17)19(24(20)14-18)15-23-10-12-25-13-11-23/h1-5,8-9,14,17,20,22H,6-7,10-13,15H2. The number of nitrogens with one attached hydrogen (secondary N) is 1. The molecule has 1 aromatic carbocycles. The Balaban J connectivity index is 1.45. The van der Waals surface area contributed by atoms with Gasteiger partial charge in [0.1, 0.15) is 6.17 Å². The summed E-state index contributed by atoms with van der Waals surface area (Å²) in [6, 6.07) is 10.7. The lowest BCUT2D eigenvalue weighted by molar-refractivity contribution is 0.0399. The molecule has 1 saturated heterocycles. The van der Waals surface area contributed by atoms with Gasteiger partial charge in [0.15, 0.2) is 0 Å². The number of fused-ring (bicyclic) bond motifs is 1. The number of hydrogen-bond donors (Lipinski definition) is 1.